The second-order valence-corrected chi connectivity index (χ2v) is 2.68. The molecular weight excluding hydrogens is 112 g/mol. The average Bonchev–Trinajstić information content (AvgIpc) is 2.45. The zero-order valence-electron chi connectivity index (χ0n) is 5.08. The largest absolute Gasteiger partial charge is 0.298 e. The van der Waals surface area contributed by atoms with Crippen molar-refractivity contribution in [3.05, 3.63) is 23.8 Å². The number of carbonyl (C=O) groups is 1. The maximum absolute atomic E-state index is 10.3. The summed E-state index contributed by atoms with van der Waals surface area (Å²) in [5.41, 5.74) is 0.988. The predicted octanol–water partition coefficient (Wildman–Crippen LogP) is 1.32. The molecule has 2 rings (SSSR count). The van der Waals surface area contributed by atoms with Crippen LogP contribution < -0.4 is 0 Å². The highest BCUT2D eigenvalue weighted by molar-refractivity contribution is 5.76. The smallest absolute Gasteiger partial charge is 0.146 e. The van der Waals surface area contributed by atoms with Gasteiger partial charge in [0, 0.05) is 5.92 Å². The van der Waals surface area contributed by atoms with E-state index >= 15 is 0 Å². The van der Waals surface area contributed by atoms with Crippen LogP contribution in [0.4, 0.5) is 0 Å². The van der Waals surface area contributed by atoms with Crippen LogP contribution in [0.5, 0.6) is 0 Å². The first kappa shape index (κ1) is 4.98. The number of hydrogen-bond donors (Lipinski definition) is 0. The minimum absolute atomic E-state index is 0.465. The van der Waals surface area contributed by atoms with Crippen molar-refractivity contribution < 1.29 is 4.79 Å². The van der Waals surface area contributed by atoms with E-state index in [1.165, 1.54) is 0 Å². The van der Waals surface area contributed by atoms with Crippen molar-refractivity contribution in [1.29, 1.82) is 0 Å². The van der Waals surface area contributed by atoms with Gasteiger partial charge in [0.1, 0.15) is 6.29 Å². The van der Waals surface area contributed by atoms with E-state index in [1.807, 2.05) is 0 Å². The van der Waals surface area contributed by atoms with Crippen molar-refractivity contribution in [2.45, 2.75) is 6.42 Å². The Morgan fingerprint density at radius 1 is 1.56 bits per heavy atom. The Bertz CT molecular complexity index is 201. The fraction of sp³-hybridized carbons (Fsp3) is 0.375. The summed E-state index contributed by atoms with van der Waals surface area (Å²) in [6, 6.07) is 0. The van der Waals surface area contributed by atoms with E-state index in [-0.39, 0.29) is 0 Å². The molecule has 2 aliphatic rings. The molecular formula is C8H8O. The van der Waals surface area contributed by atoms with Crippen molar-refractivity contribution in [3.8, 4) is 0 Å². The lowest BCUT2D eigenvalue weighted by Gasteiger charge is -1.98. The van der Waals surface area contributed by atoms with Crippen LogP contribution in [0.3, 0.4) is 0 Å². The fourth-order valence-electron chi connectivity index (χ4n) is 1.60. The molecule has 2 bridgehead atoms. The maximum atomic E-state index is 10.3. The number of hydrogen-bond acceptors (Lipinski definition) is 1. The summed E-state index contributed by atoms with van der Waals surface area (Å²) in [5.74, 6) is 1.04. The third kappa shape index (κ3) is 0.576. The molecule has 2 atom stereocenters. The van der Waals surface area contributed by atoms with Crippen LogP contribution in [0.25, 0.3) is 0 Å². The lowest BCUT2D eigenvalue weighted by atomic mass is 10.1. The minimum Gasteiger partial charge on any atom is -0.298 e. The Morgan fingerprint density at radius 2 is 2.44 bits per heavy atom. The van der Waals surface area contributed by atoms with Crippen LogP contribution >= 0.6 is 0 Å². The lowest BCUT2D eigenvalue weighted by molar-refractivity contribution is -0.105. The molecule has 0 fully saturated rings. The number of allylic oxidation sites excluding steroid dienone is 4. The summed E-state index contributed by atoms with van der Waals surface area (Å²) in [6.45, 7) is 0. The Morgan fingerprint density at radius 3 is 2.78 bits per heavy atom. The molecule has 2 aliphatic carbocycles. The number of aldehydes is 1. The molecule has 0 radical (unpaired) electrons. The van der Waals surface area contributed by atoms with Gasteiger partial charge < -0.3 is 0 Å². The highest BCUT2D eigenvalue weighted by Gasteiger charge is 2.26. The van der Waals surface area contributed by atoms with Crippen LogP contribution in [0, 0.1) is 11.8 Å². The van der Waals surface area contributed by atoms with Crippen LogP contribution in [0.2, 0.25) is 0 Å². The van der Waals surface area contributed by atoms with Crippen molar-refractivity contribution >= 4 is 6.29 Å². The van der Waals surface area contributed by atoms with E-state index in [0.717, 1.165) is 18.3 Å². The van der Waals surface area contributed by atoms with Gasteiger partial charge in [-0.1, -0.05) is 18.2 Å². The van der Waals surface area contributed by atoms with Gasteiger partial charge in [0.25, 0.3) is 0 Å². The number of carbonyl (C=O) groups excluding carboxylic acids is 1. The Labute approximate surface area is 54.1 Å². The molecule has 0 aromatic heterocycles. The third-order valence-corrected chi connectivity index (χ3v) is 2.09. The molecule has 0 spiro atoms. The normalized spacial score (nSPS) is 37.1. The van der Waals surface area contributed by atoms with Gasteiger partial charge in [-0.05, 0) is 17.9 Å². The summed E-state index contributed by atoms with van der Waals surface area (Å²) in [6.07, 6.45) is 8.51. The Hall–Kier alpha value is -0.850. The molecule has 0 N–H and O–H groups in total. The van der Waals surface area contributed by atoms with Gasteiger partial charge in [-0.25, -0.2) is 0 Å². The van der Waals surface area contributed by atoms with Gasteiger partial charge in [0.2, 0.25) is 0 Å². The summed E-state index contributed by atoms with van der Waals surface area (Å²) >= 11 is 0. The van der Waals surface area contributed by atoms with Gasteiger partial charge in [-0.15, -0.1) is 0 Å². The van der Waals surface area contributed by atoms with Gasteiger partial charge >= 0.3 is 0 Å². The molecule has 46 valence electrons. The quantitative estimate of drug-likeness (QED) is 0.376. The first-order valence-electron chi connectivity index (χ1n) is 3.25. The van der Waals surface area contributed by atoms with E-state index in [9.17, 15) is 4.79 Å². The number of fused-ring (bicyclic) bond motifs is 2. The fourth-order valence-corrected chi connectivity index (χ4v) is 1.60. The predicted molar refractivity (Wildman–Crippen MR) is 34.9 cm³/mol. The molecule has 0 saturated heterocycles. The molecule has 9 heavy (non-hydrogen) atoms. The summed E-state index contributed by atoms with van der Waals surface area (Å²) in [7, 11) is 0. The lowest BCUT2D eigenvalue weighted by Crippen LogP contribution is -1.93. The molecule has 0 aliphatic heterocycles. The summed E-state index contributed by atoms with van der Waals surface area (Å²) in [5, 5.41) is 0. The molecule has 0 aromatic rings. The van der Waals surface area contributed by atoms with E-state index in [1.54, 1.807) is 0 Å². The van der Waals surface area contributed by atoms with Crippen molar-refractivity contribution in [2.75, 3.05) is 0 Å². The molecule has 0 saturated carbocycles. The standard InChI is InChI=1S/C8H8O/c9-5-8-4-6-1-2-7(8)3-6/h1-2,4-7H,3H2. The zero-order valence-corrected chi connectivity index (χ0v) is 5.08. The first-order valence-corrected chi connectivity index (χ1v) is 3.25. The maximum Gasteiger partial charge on any atom is 0.146 e. The Kier molecular flexibility index (Phi) is 0.865. The van der Waals surface area contributed by atoms with Crippen LogP contribution in [0.15, 0.2) is 23.8 Å². The monoisotopic (exact) mass is 120 g/mol. The van der Waals surface area contributed by atoms with E-state index in [0.29, 0.717) is 11.8 Å². The third-order valence-electron chi connectivity index (χ3n) is 2.09. The molecule has 1 heteroatoms. The second kappa shape index (κ2) is 1.56. The van der Waals surface area contributed by atoms with Crippen LogP contribution in [-0.2, 0) is 4.79 Å². The van der Waals surface area contributed by atoms with E-state index in [2.05, 4.69) is 18.2 Å². The molecule has 0 aromatic carbocycles. The highest BCUT2D eigenvalue weighted by Crippen LogP contribution is 2.36. The van der Waals surface area contributed by atoms with Crippen LogP contribution in [0.1, 0.15) is 6.42 Å². The molecule has 0 amide bonds. The Balaban J connectivity index is 2.32. The minimum atomic E-state index is 0.465. The number of rotatable bonds is 1. The van der Waals surface area contributed by atoms with Crippen LogP contribution in [-0.4, -0.2) is 6.29 Å². The molecule has 2 unspecified atom stereocenters. The molecule has 0 heterocycles. The second-order valence-electron chi connectivity index (χ2n) is 2.68. The van der Waals surface area contributed by atoms with Crippen molar-refractivity contribution in [1.82, 2.24) is 0 Å². The van der Waals surface area contributed by atoms with Crippen molar-refractivity contribution in [3.63, 3.8) is 0 Å². The van der Waals surface area contributed by atoms with E-state index in [4.69, 9.17) is 0 Å². The van der Waals surface area contributed by atoms with Crippen molar-refractivity contribution in [2.24, 2.45) is 11.8 Å². The molecule has 1 nitrogen and oxygen atoms in total. The average molecular weight is 120 g/mol. The van der Waals surface area contributed by atoms with Gasteiger partial charge in [-0.2, -0.15) is 0 Å². The summed E-state index contributed by atoms with van der Waals surface area (Å²) < 4.78 is 0. The highest BCUT2D eigenvalue weighted by atomic mass is 16.1. The van der Waals surface area contributed by atoms with Gasteiger partial charge in [0.05, 0.1) is 0 Å². The topological polar surface area (TPSA) is 17.1 Å². The van der Waals surface area contributed by atoms with E-state index < -0.39 is 0 Å². The van der Waals surface area contributed by atoms with Gasteiger partial charge in [0.15, 0.2) is 0 Å². The summed E-state index contributed by atoms with van der Waals surface area (Å²) in [4.78, 5) is 10.3. The zero-order chi connectivity index (χ0) is 6.27. The van der Waals surface area contributed by atoms with Gasteiger partial charge in [-0.3, -0.25) is 4.79 Å². The first-order chi connectivity index (χ1) is 4.40. The SMILES string of the molecule is O=CC1=CC2C=CC1C2.